The molecule has 0 spiro atoms. The Morgan fingerprint density at radius 2 is 2.20 bits per heavy atom. The average molecular weight is 147 g/mol. The van der Waals surface area contributed by atoms with E-state index < -0.39 is 6.03 Å². The van der Waals surface area contributed by atoms with Crippen molar-refractivity contribution in [2.45, 2.75) is 26.2 Å². The number of urea groups is 1. The average Bonchev–Trinajstić information content (AvgIpc) is 1.88. The molecule has 1 unspecified atom stereocenters. The van der Waals surface area contributed by atoms with Crippen LogP contribution >= 0.6 is 0 Å². The summed E-state index contributed by atoms with van der Waals surface area (Å²) in [5.41, 5.74) is 4.79. The van der Waals surface area contributed by atoms with Gasteiger partial charge < -0.3 is 5.73 Å². The molecule has 2 amide bonds. The molecule has 0 bridgehead atoms. The van der Waals surface area contributed by atoms with Gasteiger partial charge in [-0.05, 0) is 12.8 Å². The topological polar surface area (TPSA) is 67.8 Å². The van der Waals surface area contributed by atoms with Crippen LogP contribution in [0.4, 0.5) is 4.79 Å². The molecule has 4 N–H and O–H groups in total. The number of primary amides is 1. The van der Waals surface area contributed by atoms with Gasteiger partial charge in [0.1, 0.15) is 6.54 Å². The zero-order valence-corrected chi connectivity index (χ0v) is 6.26. The third kappa shape index (κ3) is 4.29. The number of amides is 2. The summed E-state index contributed by atoms with van der Waals surface area (Å²) in [7, 11) is 0. The van der Waals surface area contributed by atoms with Crippen molar-refractivity contribution >= 4 is 6.03 Å². The van der Waals surface area contributed by atoms with Crippen molar-refractivity contribution < 1.29 is 15.1 Å². The van der Waals surface area contributed by atoms with Crippen LogP contribution in [0.15, 0.2) is 0 Å². The van der Waals surface area contributed by atoms with Crippen molar-refractivity contribution in [1.82, 2.24) is 0 Å². The number of unbranched alkanes of at least 4 members (excludes halogenated alkanes) is 2. The minimum Gasteiger partial charge on any atom is -0.316 e. The Morgan fingerprint density at radius 3 is 2.60 bits per heavy atom. The first-order chi connectivity index (χ1) is 4.68. The molecule has 4 nitrogen and oxygen atoms in total. The highest BCUT2D eigenvalue weighted by molar-refractivity contribution is 5.60. The molecular weight excluding hydrogens is 132 g/mol. The second kappa shape index (κ2) is 5.20. The fourth-order valence-corrected chi connectivity index (χ4v) is 0.666. The molecule has 0 aliphatic heterocycles. The monoisotopic (exact) mass is 147 g/mol. The Hall–Kier alpha value is -0.610. The standard InChI is InChI=1S/C6H14N2O2/c1-2-3-4-5-8(10)6(7)9/h10H,2-5H2,1H3,(H2,7,9)/p+1. The van der Waals surface area contributed by atoms with Gasteiger partial charge in [0.15, 0.2) is 0 Å². The Morgan fingerprint density at radius 1 is 1.60 bits per heavy atom. The number of carbonyl (C=O) groups excluding carboxylic acids is 1. The van der Waals surface area contributed by atoms with Gasteiger partial charge in [-0.2, -0.15) is 0 Å². The van der Waals surface area contributed by atoms with Gasteiger partial charge in [0.25, 0.3) is 0 Å². The van der Waals surface area contributed by atoms with Crippen molar-refractivity contribution in [2.24, 2.45) is 5.73 Å². The van der Waals surface area contributed by atoms with E-state index in [1.807, 2.05) is 0 Å². The molecule has 0 rings (SSSR count). The van der Waals surface area contributed by atoms with Crippen LogP contribution in [0.2, 0.25) is 0 Å². The van der Waals surface area contributed by atoms with E-state index in [1.165, 1.54) is 0 Å². The molecule has 0 saturated carbocycles. The zero-order valence-electron chi connectivity index (χ0n) is 6.26. The molecule has 0 aliphatic rings. The number of nitrogens with one attached hydrogen (secondary N) is 1. The predicted molar refractivity (Wildman–Crippen MR) is 36.7 cm³/mol. The number of hydrogen-bond acceptors (Lipinski definition) is 2. The van der Waals surface area contributed by atoms with Gasteiger partial charge in [0.2, 0.25) is 0 Å². The van der Waals surface area contributed by atoms with Crippen LogP contribution in [-0.4, -0.2) is 17.8 Å². The van der Waals surface area contributed by atoms with Crippen molar-refractivity contribution in [2.75, 3.05) is 6.54 Å². The molecule has 0 aromatic heterocycles. The molecule has 0 saturated heterocycles. The van der Waals surface area contributed by atoms with E-state index in [9.17, 15) is 4.79 Å². The maximum Gasteiger partial charge on any atom is 0.444 e. The van der Waals surface area contributed by atoms with Gasteiger partial charge in [-0.15, -0.1) is 5.06 Å². The zero-order chi connectivity index (χ0) is 7.98. The van der Waals surface area contributed by atoms with Gasteiger partial charge in [0, 0.05) is 0 Å². The number of quaternary nitrogens is 1. The minimum absolute atomic E-state index is 0.201. The third-order valence-corrected chi connectivity index (χ3v) is 1.30. The van der Waals surface area contributed by atoms with Crippen LogP contribution in [0, 0.1) is 0 Å². The molecule has 0 aliphatic carbocycles. The van der Waals surface area contributed by atoms with Gasteiger partial charge >= 0.3 is 6.03 Å². The predicted octanol–water partition coefficient (Wildman–Crippen LogP) is -0.471. The molecule has 4 heteroatoms. The van der Waals surface area contributed by atoms with Crippen molar-refractivity contribution in [3.05, 3.63) is 0 Å². The summed E-state index contributed by atoms with van der Waals surface area (Å²) in [5.74, 6) is 0. The molecule has 60 valence electrons. The second-order valence-electron chi connectivity index (χ2n) is 2.27. The number of hydroxylamine groups is 2. The maximum atomic E-state index is 10.2. The number of nitrogens with two attached hydrogens (primary N) is 1. The largest absolute Gasteiger partial charge is 0.444 e. The van der Waals surface area contributed by atoms with E-state index in [-0.39, 0.29) is 5.06 Å². The van der Waals surface area contributed by atoms with E-state index >= 15 is 0 Å². The molecular formula is C6H15N2O2+. The summed E-state index contributed by atoms with van der Waals surface area (Å²) >= 11 is 0. The lowest BCUT2D eigenvalue weighted by atomic mass is 10.2. The van der Waals surface area contributed by atoms with Crippen molar-refractivity contribution in [3.63, 3.8) is 0 Å². The summed E-state index contributed by atoms with van der Waals surface area (Å²) in [6.07, 6.45) is 2.94. The quantitative estimate of drug-likeness (QED) is 0.286. The van der Waals surface area contributed by atoms with Gasteiger partial charge in [-0.1, -0.05) is 13.3 Å². The third-order valence-electron chi connectivity index (χ3n) is 1.30. The fraction of sp³-hybridized carbons (Fsp3) is 0.833. The van der Waals surface area contributed by atoms with E-state index in [0.717, 1.165) is 19.3 Å². The lowest BCUT2D eigenvalue weighted by molar-refractivity contribution is -1.02. The summed E-state index contributed by atoms with van der Waals surface area (Å²) < 4.78 is 0. The van der Waals surface area contributed by atoms with E-state index in [4.69, 9.17) is 10.9 Å². The summed E-state index contributed by atoms with van der Waals surface area (Å²) in [6.45, 7) is 2.48. The Labute approximate surface area is 60.6 Å². The Bertz CT molecular complexity index is 106. The number of carbonyl (C=O) groups is 1. The fourth-order valence-electron chi connectivity index (χ4n) is 0.666. The summed E-state index contributed by atoms with van der Waals surface area (Å²) in [5, 5.41) is 8.59. The normalized spacial score (nSPS) is 13.0. The molecule has 0 heterocycles. The summed E-state index contributed by atoms with van der Waals surface area (Å²) in [4.78, 5) is 10.2. The lowest BCUT2D eigenvalue weighted by Gasteiger charge is -2.03. The van der Waals surface area contributed by atoms with Crippen LogP contribution in [0.1, 0.15) is 26.2 Å². The van der Waals surface area contributed by atoms with Gasteiger partial charge in [-0.3, -0.25) is 0 Å². The number of hydrogen-bond donors (Lipinski definition) is 3. The van der Waals surface area contributed by atoms with Crippen LogP contribution in [-0.2, 0) is 0 Å². The first kappa shape index (κ1) is 9.39. The van der Waals surface area contributed by atoms with Gasteiger partial charge in [0.05, 0.1) is 0 Å². The minimum atomic E-state index is -0.698. The van der Waals surface area contributed by atoms with Crippen LogP contribution in [0.25, 0.3) is 0 Å². The molecule has 10 heavy (non-hydrogen) atoms. The highest BCUT2D eigenvalue weighted by Crippen LogP contribution is 1.88. The van der Waals surface area contributed by atoms with Crippen LogP contribution < -0.4 is 10.8 Å². The first-order valence-electron chi connectivity index (χ1n) is 3.53. The molecule has 0 fully saturated rings. The van der Waals surface area contributed by atoms with E-state index in [1.54, 1.807) is 0 Å². The van der Waals surface area contributed by atoms with Crippen LogP contribution in [0.3, 0.4) is 0 Å². The van der Waals surface area contributed by atoms with Gasteiger partial charge in [-0.25, -0.2) is 10.0 Å². The summed E-state index contributed by atoms with van der Waals surface area (Å²) in [6, 6.07) is -0.698. The first-order valence-corrected chi connectivity index (χ1v) is 3.53. The molecule has 0 aromatic carbocycles. The molecule has 1 atom stereocenters. The maximum absolute atomic E-state index is 10.2. The molecule has 0 radical (unpaired) electrons. The highest BCUT2D eigenvalue weighted by atomic mass is 16.5. The highest BCUT2D eigenvalue weighted by Gasteiger charge is 2.09. The second-order valence-corrected chi connectivity index (χ2v) is 2.27. The smallest absolute Gasteiger partial charge is 0.316 e. The van der Waals surface area contributed by atoms with Crippen molar-refractivity contribution in [3.8, 4) is 0 Å². The van der Waals surface area contributed by atoms with Crippen molar-refractivity contribution in [1.29, 1.82) is 0 Å². The Kier molecular flexibility index (Phi) is 4.88. The van der Waals surface area contributed by atoms with E-state index in [0.29, 0.717) is 6.54 Å². The lowest BCUT2D eigenvalue weighted by Crippen LogP contribution is -3.13. The SMILES string of the molecule is CCCCC[NH+](O)C(N)=O. The van der Waals surface area contributed by atoms with E-state index in [2.05, 4.69) is 6.92 Å². The molecule has 0 aromatic rings. The number of rotatable bonds is 4. The Balaban J connectivity index is 3.21. The van der Waals surface area contributed by atoms with Crippen LogP contribution in [0.5, 0.6) is 0 Å².